The van der Waals surface area contributed by atoms with Crippen molar-refractivity contribution in [2.75, 3.05) is 13.7 Å². The molecular weight excluding hydrogens is 354 g/mol. The van der Waals surface area contributed by atoms with Gasteiger partial charge in [-0.3, -0.25) is 0 Å². The third kappa shape index (κ3) is 3.39. The lowest BCUT2D eigenvalue weighted by atomic mass is 9.98. The number of nitrogens with one attached hydrogen (secondary N) is 1. The van der Waals surface area contributed by atoms with Crippen molar-refractivity contribution in [3.63, 3.8) is 0 Å². The Morgan fingerprint density at radius 3 is 2.29 bits per heavy atom. The molecule has 1 aliphatic carbocycles. The lowest BCUT2D eigenvalue weighted by Gasteiger charge is -2.15. The van der Waals surface area contributed by atoms with Gasteiger partial charge in [-0.2, -0.15) is 0 Å². The Kier molecular flexibility index (Phi) is 4.89. The number of alkyl carbamates (subject to hydrolysis) is 1. The summed E-state index contributed by atoms with van der Waals surface area (Å²) in [5, 5.41) is 12.6. The number of hydrogen-bond acceptors (Lipinski definition) is 4. The van der Waals surface area contributed by atoms with E-state index in [2.05, 4.69) is 29.6 Å². The summed E-state index contributed by atoms with van der Waals surface area (Å²) in [6.45, 7) is 0.406. The Morgan fingerprint density at radius 1 is 1.00 bits per heavy atom. The fourth-order valence-electron chi connectivity index (χ4n) is 3.65. The molecule has 0 fully saturated rings. The third-order valence-electron chi connectivity index (χ3n) is 5.05. The molecule has 0 bridgehead atoms. The number of hydrogen-bond donors (Lipinski definition) is 2. The van der Waals surface area contributed by atoms with E-state index in [0.29, 0.717) is 11.3 Å². The molecule has 0 heterocycles. The van der Waals surface area contributed by atoms with Crippen molar-refractivity contribution in [2.24, 2.45) is 0 Å². The van der Waals surface area contributed by atoms with E-state index < -0.39 is 6.09 Å². The smallest absolute Gasteiger partial charge is 0.407 e. The Balaban J connectivity index is 1.42. The second-order valence-electron chi connectivity index (χ2n) is 6.67. The highest BCUT2D eigenvalue weighted by atomic mass is 16.5. The average molecular weight is 375 g/mol. The first-order chi connectivity index (χ1) is 13.7. The molecule has 0 unspecified atom stereocenters. The van der Waals surface area contributed by atoms with Gasteiger partial charge in [-0.25, -0.2) is 4.79 Å². The van der Waals surface area contributed by atoms with Crippen LogP contribution in [0.1, 0.15) is 22.6 Å². The molecule has 5 nitrogen and oxygen atoms in total. The number of methoxy groups -OCH3 is 1. The summed E-state index contributed by atoms with van der Waals surface area (Å²) in [4.78, 5) is 12.2. The molecule has 0 radical (unpaired) electrons. The molecule has 1 amide bonds. The van der Waals surface area contributed by atoms with Crippen LogP contribution < -0.4 is 10.1 Å². The lowest BCUT2D eigenvalue weighted by molar-refractivity contribution is 0.142. The summed E-state index contributed by atoms with van der Waals surface area (Å²) in [6.07, 6.45) is -0.524. The molecule has 3 aromatic rings. The van der Waals surface area contributed by atoms with E-state index in [-0.39, 0.29) is 24.8 Å². The first kappa shape index (κ1) is 17.9. The van der Waals surface area contributed by atoms with E-state index in [1.807, 2.05) is 24.3 Å². The predicted molar refractivity (Wildman–Crippen MR) is 107 cm³/mol. The van der Waals surface area contributed by atoms with Crippen molar-refractivity contribution < 1.29 is 19.4 Å². The number of phenolic OH excluding ortho intramolecular Hbond substituents is 1. The van der Waals surface area contributed by atoms with Crippen LogP contribution in [0.15, 0.2) is 66.7 Å². The topological polar surface area (TPSA) is 67.8 Å². The van der Waals surface area contributed by atoms with Crippen molar-refractivity contribution >= 4 is 6.09 Å². The molecule has 5 heteroatoms. The maximum Gasteiger partial charge on any atom is 0.407 e. The van der Waals surface area contributed by atoms with E-state index in [0.717, 1.165) is 0 Å². The summed E-state index contributed by atoms with van der Waals surface area (Å²) in [5.74, 6) is 0.727. The van der Waals surface area contributed by atoms with Gasteiger partial charge in [0.1, 0.15) is 18.1 Å². The zero-order chi connectivity index (χ0) is 19.5. The zero-order valence-electron chi connectivity index (χ0n) is 15.5. The molecule has 0 aromatic heterocycles. The van der Waals surface area contributed by atoms with Crippen LogP contribution in [-0.2, 0) is 11.3 Å². The first-order valence-corrected chi connectivity index (χ1v) is 9.12. The molecule has 0 spiro atoms. The molecular formula is C23H21NO4. The average Bonchev–Trinajstić information content (AvgIpc) is 3.05. The minimum Gasteiger partial charge on any atom is -0.508 e. The van der Waals surface area contributed by atoms with Gasteiger partial charge in [0.05, 0.1) is 7.11 Å². The maximum absolute atomic E-state index is 12.2. The fraction of sp³-hybridized carbons (Fsp3) is 0.174. The second-order valence-corrected chi connectivity index (χ2v) is 6.67. The summed E-state index contributed by atoms with van der Waals surface area (Å²) in [6, 6.07) is 21.3. The molecule has 3 aromatic carbocycles. The minimum atomic E-state index is -0.524. The van der Waals surface area contributed by atoms with Crippen LogP contribution in [0.25, 0.3) is 11.1 Å². The predicted octanol–water partition coefficient (Wildman–Crippen LogP) is 4.44. The molecule has 2 N–H and O–H groups in total. The molecule has 0 saturated carbocycles. The van der Waals surface area contributed by atoms with Gasteiger partial charge in [0.25, 0.3) is 0 Å². The number of phenols is 1. The quantitative estimate of drug-likeness (QED) is 0.692. The van der Waals surface area contributed by atoms with Crippen LogP contribution in [0.2, 0.25) is 0 Å². The van der Waals surface area contributed by atoms with E-state index >= 15 is 0 Å². The number of benzene rings is 3. The van der Waals surface area contributed by atoms with Gasteiger partial charge in [0.2, 0.25) is 0 Å². The van der Waals surface area contributed by atoms with Crippen molar-refractivity contribution in [3.8, 4) is 22.6 Å². The minimum absolute atomic E-state index is 0.0170. The Hall–Kier alpha value is -3.47. The summed E-state index contributed by atoms with van der Waals surface area (Å²) >= 11 is 0. The fourth-order valence-corrected chi connectivity index (χ4v) is 3.65. The summed E-state index contributed by atoms with van der Waals surface area (Å²) in [5.41, 5.74) is 5.28. The van der Waals surface area contributed by atoms with Crippen molar-refractivity contribution in [1.82, 2.24) is 5.32 Å². The van der Waals surface area contributed by atoms with E-state index in [1.165, 1.54) is 28.3 Å². The number of carbonyl (C=O) groups is 1. The molecule has 0 atom stereocenters. The Morgan fingerprint density at radius 2 is 1.64 bits per heavy atom. The van der Waals surface area contributed by atoms with Crippen molar-refractivity contribution in [3.05, 3.63) is 83.4 Å². The van der Waals surface area contributed by atoms with Crippen LogP contribution in [0.5, 0.6) is 11.5 Å². The molecule has 28 heavy (non-hydrogen) atoms. The maximum atomic E-state index is 12.2. The summed E-state index contributed by atoms with van der Waals surface area (Å²) in [7, 11) is 1.55. The van der Waals surface area contributed by atoms with Crippen LogP contribution in [0, 0.1) is 0 Å². The monoisotopic (exact) mass is 375 g/mol. The van der Waals surface area contributed by atoms with Gasteiger partial charge in [-0.05, 0) is 40.5 Å². The molecule has 0 aliphatic heterocycles. The first-order valence-electron chi connectivity index (χ1n) is 9.12. The van der Waals surface area contributed by atoms with Gasteiger partial charge < -0.3 is 19.9 Å². The van der Waals surface area contributed by atoms with E-state index in [9.17, 15) is 9.90 Å². The Labute approximate surface area is 163 Å². The van der Waals surface area contributed by atoms with Crippen LogP contribution in [0.3, 0.4) is 0 Å². The van der Waals surface area contributed by atoms with Crippen LogP contribution >= 0.6 is 0 Å². The number of rotatable bonds is 5. The highest BCUT2D eigenvalue weighted by Crippen LogP contribution is 2.44. The highest BCUT2D eigenvalue weighted by molar-refractivity contribution is 5.79. The van der Waals surface area contributed by atoms with Gasteiger partial charge in [-0.15, -0.1) is 0 Å². The second kappa shape index (κ2) is 7.64. The Bertz CT molecular complexity index is 969. The van der Waals surface area contributed by atoms with Gasteiger partial charge in [0, 0.05) is 18.0 Å². The van der Waals surface area contributed by atoms with Gasteiger partial charge in [-0.1, -0.05) is 48.5 Å². The number of amides is 1. The standard InChI is InChI=1S/C23H21NO4/c1-27-16-10-11-22(25)15(12-16)13-24-23(26)28-14-21-19-8-4-2-6-17(19)18-7-3-5-9-20(18)21/h2-12,21,25H,13-14H2,1H3,(H,24,26). The SMILES string of the molecule is COc1ccc(O)c(CNC(=O)OCC2c3ccccc3-c3ccccc32)c1. The van der Waals surface area contributed by atoms with Crippen molar-refractivity contribution in [1.29, 1.82) is 0 Å². The third-order valence-corrected chi connectivity index (χ3v) is 5.05. The van der Waals surface area contributed by atoms with Crippen molar-refractivity contribution in [2.45, 2.75) is 12.5 Å². The summed E-state index contributed by atoms with van der Waals surface area (Å²) < 4.78 is 10.6. The number of carbonyl (C=O) groups excluding carboxylic acids is 1. The molecule has 142 valence electrons. The lowest BCUT2D eigenvalue weighted by Crippen LogP contribution is -2.25. The molecule has 4 rings (SSSR count). The van der Waals surface area contributed by atoms with Crippen LogP contribution in [0.4, 0.5) is 4.79 Å². The molecule has 0 saturated heterocycles. The zero-order valence-corrected chi connectivity index (χ0v) is 15.5. The number of fused-ring (bicyclic) bond motifs is 3. The largest absolute Gasteiger partial charge is 0.508 e. The van der Waals surface area contributed by atoms with Crippen LogP contribution in [-0.4, -0.2) is 24.9 Å². The van der Waals surface area contributed by atoms with Gasteiger partial charge in [0.15, 0.2) is 0 Å². The molecule has 1 aliphatic rings. The number of aromatic hydroxyl groups is 1. The number of ether oxygens (including phenoxy) is 2. The normalized spacial score (nSPS) is 12.2. The van der Waals surface area contributed by atoms with Gasteiger partial charge >= 0.3 is 6.09 Å². The van der Waals surface area contributed by atoms with E-state index in [4.69, 9.17) is 9.47 Å². The highest BCUT2D eigenvalue weighted by Gasteiger charge is 2.28. The van der Waals surface area contributed by atoms with E-state index in [1.54, 1.807) is 19.2 Å².